The number of hydrogen-bond donors (Lipinski definition) is 2. The maximum Gasteiger partial charge on any atom is 0.341 e. The van der Waals surface area contributed by atoms with Crippen LogP contribution in [0.4, 0.5) is 5.00 Å². The summed E-state index contributed by atoms with van der Waals surface area (Å²) in [6, 6.07) is 16.4. The second-order valence-electron chi connectivity index (χ2n) is 6.77. The van der Waals surface area contributed by atoms with Gasteiger partial charge < -0.3 is 15.4 Å². The van der Waals surface area contributed by atoms with Crippen molar-refractivity contribution in [3.63, 3.8) is 0 Å². The van der Waals surface area contributed by atoms with Gasteiger partial charge in [0.05, 0.1) is 24.0 Å². The first-order chi connectivity index (χ1) is 14.9. The lowest BCUT2D eigenvalue weighted by Crippen LogP contribution is -2.22. The Bertz CT molecular complexity index is 1090. The number of esters is 1. The fraction of sp³-hybridized carbons (Fsp3) is 0.174. The number of halogens is 1. The van der Waals surface area contributed by atoms with Crippen LogP contribution in [0, 0.1) is 6.92 Å². The number of hydrogen-bond acceptors (Lipinski definition) is 5. The fourth-order valence-corrected chi connectivity index (χ4v) is 4.24. The SMILES string of the molecule is COC(=O)c1c(NC(=O)Cc2ccc(Cl)cc2)sc(C(=O)NCc2ccccc2)c1C. The molecule has 2 amide bonds. The minimum absolute atomic E-state index is 0.101. The predicted molar refractivity (Wildman–Crippen MR) is 122 cm³/mol. The fourth-order valence-electron chi connectivity index (χ4n) is 2.98. The Morgan fingerprint density at radius 3 is 2.32 bits per heavy atom. The van der Waals surface area contributed by atoms with E-state index in [2.05, 4.69) is 10.6 Å². The van der Waals surface area contributed by atoms with Crippen molar-refractivity contribution in [2.45, 2.75) is 19.9 Å². The highest BCUT2D eigenvalue weighted by Gasteiger charge is 2.26. The molecule has 0 spiro atoms. The van der Waals surface area contributed by atoms with E-state index in [0.717, 1.165) is 22.5 Å². The predicted octanol–water partition coefficient (Wildman–Crippen LogP) is 4.61. The highest BCUT2D eigenvalue weighted by molar-refractivity contribution is 7.18. The smallest absolute Gasteiger partial charge is 0.341 e. The van der Waals surface area contributed by atoms with Gasteiger partial charge in [0.15, 0.2) is 0 Å². The lowest BCUT2D eigenvalue weighted by atomic mass is 10.1. The topological polar surface area (TPSA) is 84.5 Å². The molecule has 0 aliphatic heterocycles. The summed E-state index contributed by atoms with van der Waals surface area (Å²) in [5, 5.41) is 6.46. The zero-order chi connectivity index (χ0) is 22.4. The van der Waals surface area contributed by atoms with E-state index in [-0.39, 0.29) is 28.8 Å². The molecule has 0 saturated carbocycles. The molecule has 0 bridgehead atoms. The molecular formula is C23H21ClN2O4S. The number of anilines is 1. The van der Waals surface area contributed by atoms with Gasteiger partial charge in [-0.15, -0.1) is 11.3 Å². The number of carbonyl (C=O) groups excluding carboxylic acids is 3. The summed E-state index contributed by atoms with van der Waals surface area (Å²) >= 11 is 6.92. The summed E-state index contributed by atoms with van der Waals surface area (Å²) in [5.41, 5.74) is 2.37. The van der Waals surface area contributed by atoms with E-state index in [1.807, 2.05) is 30.3 Å². The molecule has 1 aromatic heterocycles. The molecule has 2 N–H and O–H groups in total. The third kappa shape index (κ3) is 5.71. The van der Waals surface area contributed by atoms with E-state index in [1.54, 1.807) is 31.2 Å². The molecule has 0 saturated heterocycles. The Morgan fingerprint density at radius 1 is 1.00 bits per heavy atom. The third-order valence-electron chi connectivity index (χ3n) is 4.57. The lowest BCUT2D eigenvalue weighted by Gasteiger charge is -2.06. The molecule has 0 fully saturated rings. The highest BCUT2D eigenvalue weighted by atomic mass is 35.5. The largest absolute Gasteiger partial charge is 0.465 e. The van der Waals surface area contributed by atoms with Gasteiger partial charge in [0, 0.05) is 11.6 Å². The maximum absolute atomic E-state index is 12.7. The Hall–Kier alpha value is -3.16. The molecule has 0 atom stereocenters. The van der Waals surface area contributed by atoms with Crippen LogP contribution in [0.3, 0.4) is 0 Å². The number of methoxy groups -OCH3 is 1. The van der Waals surface area contributed by atoms with Crippen LogP contribution in [-0.2, 0) is 22.5 Å². The summed E-state index contributed by atoms with van der Waals surface area (Å²) in [6.45, 7) is 2.01. The van der Waals surface area contributed by atoms with Gasteiger partial charge in [0.2, 0.25) is 5.91 Å². The van der Waals surface area contributed by atoms with Crippen molar-refractivity contribution in [2.75, 3.05) is 12.4 Å². The van der Waals surface area contributed by atoms with Crippen LogP contribution in [0.25, 0.3) is 0 Å². The van der Waals surface area contributed by atoms with Crippen LogP contribution in [-0.4, -0.2) is 24.9 Å². The monoisotopic (exact) mass is 456 g/mol. The molecule has 2 aromatic carbocycles. The summed E-state index contributed by atoms with van der Waals surface area (Å²) in [7, 11) is 1.26. The zero-order valence-corrected chi connectivity index (χ0v) is 18.6. The van der Waals surface area contributed by atoms with E-state index in [0.29, 0.717) is 22.0 Å². The van der Waals surface area contributed by atoms with Crippen molar-refractivity contribution in [3.05, 3.63) is 86.8 Å². The zero-order valence-electron chi connectivity index (χ0n) is 17.0. The van der Waals surface area contributed by atoms with Gasteiger partial charge in [0.25, 0.3) is 5.91 Å². The quantitative estimate of drug-likeness (QED) is 0.508. The van der Waals surface area contributed by atoms with Crippen molar-refractivity contribution in [3.8, 4) is 0 Å². The van der Waals surface area contributed by atoms with E-state index in [9.17, 15) is 14.4 Å². The summed E-state index contributed by atoms with van der Waals surface area (Å²) in [6.07, 6.45) is 0.101. The molecular weight excluding hydrogens is 436 g/mol. The molecule has 0 aliphatic carbocycles. The molecule has 8 heteroatoms. The second kappa shape index (κ2) is 10.2. The Balaban J connectivity index is 1.78. The van der Waals surface area contributed by atoms with Crippen LogP contribution in [0.5, 0.6) is 0 Å². The minimum atomic E-state index is -0.613. The maximum atomic E-state index is 12.7. The van der Waals surface area contributed by atoms with Crippen LogP contribution in [0.2, 0.25) is 5.02 Å². The molecule has 0 radical (unpaired) electrons. The van der Waals surface area contributed by atoms with Crippen LogP contribution in [0.1, 0.15) is 36.7 Å². The number of rotatable bonds is 7. The Labute approximate surface area is 189 Å². The second-order valence-corrected chi connectivity index (χ2v) is 8.23. The van der Waals surface area contributed by atoms with Crippen molar-refractivity contribution in [1.29, 1.82) is 0 Å². The number of nitrogens with one attached hydrogen (secondary N) is 2. The first-order valence-corrected chi connectivity index (χ1v) is 10.7. The van der Waals surface area contributed by atoms with Gasteiger partial charge in [-0.05, 0) is 35.7 Å². The Morgan fingerprint density at radius 2 is 1.68 bits per heavy atom. The van der Waals surface area contributed by atoms with Gasteiger partial charge in [-0.25, -0.2) is 4.79 Å². The molecule has 3 rings (SSSR count). The molecule has 31 heavy (non-hydrogen) atoms. The summed E-state index contributed by atoms with van der Waals surface area (Å²) in [5.74, 6) is -1.25. The van der Waals surface area contributed by atoms with Gasteiger partial charge in [0.1, 0.15) is 5.00 Å². The first-order valence-electron chi connectivity index (χ1n) is 9.47. The average Bonchev–Trinajstić information content (AvgIpc) is 3.09. The molecule has 1 heterocycles. The number of carbonyl (C=O) groups is 3. The van der Waals surface area contributed by atoms with Crippen molar-refractivity contribution in [2.24, 2.45) is 0 Å². The van der Waals surface area contributed by atoms with Gasteiger partial charge in [-0.1, -0.05) is 54.1 Å². The van der Waals surface area contributed by atoms with E-state index in [4.69, 9.17) is 16.3 Å². The molecule has 3 aromatic rings. The number of benzene rings is 2. The average molecular weight is 457 g/mol. The van der Waals surface area contributed by atoms with Crippen LogP contribution >= 0.6 is 22.9 Å². The van der Waals surface area contributed by atoms with Crippen molar-refractivity contribution < 1.29 is 19.1 Å². The molecule has 0 aliphatic rings. The van der Waals surface area contributed by atoms with Crippen LogP contribution in [0.15, 0.2) is 54.6 Å². The van der Waals surface area contributed by atoms with Crippen LogP contribution < -0.4 is 10.6 Å². The van der Waals surface area contributed by atoms with Gasteiger partial charge in [-0.2, -0.15) is 0 Å². The van der Waals surface area contributed by atoms with E-state index in [1.165, 1.54) is 7.11 Å². The van der Waals surface area contributed by atoms with Crippen molar-refractivity contribution in [1.82, 2.24) is 5.32 Å². The minimum Gasteiger partial charge on any atom is -0.465 e. The lowest BCUT2D eigenvalue weighted by molar-refractivity contribution is -0.115. The molecule has 6 nitrogen and oxygen atoms in total. The molecule has 0 unspecified atom stereocenters. The van der Waals surface area contributed by atoms with E-state index >= 15 is 0 Å². The highest BCUT2D eigenvalue weighted by Crippen LogP contribution is 2.34. The normalized spacial score (nSPS) is 10.4. The summed E-state index contributed by atoms with van der Waals surface area (Å²) in [4.78, 5) is 38.0. The first kappa shape index (κ1) is 22.5. The van der Waals surface area contributed by atoms with Gasteiger partial charge in [-0.3, -0.25) is 9.59 Å². The third-order valence-corrected chi connectivity index (χ3v) is 6.03. The molecule has 160 valence electrons. The standard InChI is InChI=1S/C23H21ClN2O4S/c1-14-19(23(29)30-2)22(26-18(27)12-15-8-10-17(24)11-9-15)31-20(14)21(28)25-13-16-6-4-3-5-7-16/h3-11H,12-13H2,1-2H3,(H,25,28)(H,26,27). The number of thiophene rings is 1. The summed E-state index contributed by atoms with van der Waals surface area (Å²) < 4.78 is 4.86. The van der Waals surface area contributed by atoms with E-state index < -0.39 is 5.97 Å². The van der Waals surface area contributed by atoms with Gasteiger partial charge >= 0.3 is 5.97 Å². The van der Waals surface area contributed by atoms with Crippen molar-refractivity contribution >= 4 is 45.7 Å². The number of amides is 2. The number of ether oxygens (including phenoxy) is 1. The Kier molecular flexibility index (Phi) is 7.44.